The first-order valence-electron chi connectivity index (χ1n) is 13.0. The van der Waals surface area contributed by atoms with E-state index in [2.05, 4.69) is 4.99 Å². The van der Waals surface area contributed by atoms with E-state index in [0.29, 0.717) is 33.8 Å². The molecule has 1 aliphatic heterocycles. The zero-order chi connectivity index (χ0) is 30.0. The van der Waals surface area contributed by atoms with Gasteiger partial charge in [-0.2, -0.15) is 0 Å². The van der Waals surface area contributed by atoms with Gasteiger partial charge < -0.3 is 16.4 Å². The zero-order valence-corrected chi connectivity index (χ0v) is 23.4. The Morgan fingerprint density at radius 2 is 1.57 bits per heavy atom. The fourth-order valence-electron chi connectivity index (χ4n) is 5.00. The van der Waals surface area contributed by atoms with Crippen molar-refractivity contribution in [2.45, 2.75) is 18.6 Å². The number of amides is 3. The lowest BCUT2D eigenvalue weighted by atomic mass is 9.82. The molecule has 0 fully saturated rings. The summed E-state index contributed by atoms with van der Waals surface area (Å²) < 4.78 is 13.9. The molecule has 0 aromatic heterocycles. The quantitative estimate of drug-likeness (QED) is 0.318. The summed E-state index contributed by atoms with van der Waals surface area (Å²) in [5.74, 6) is -1.92. The van der Waals surface area contributed by atoms with Crippen molar-refractivity contribution < 1.29 is 18.8 Å². The van der Waals surface area contributed by atoms with Crippen molar-refractivity contribution >= 4 is 35.3 Å². The van der Waals surface area contributed by atoms with Crippen molar-refractivity contribution in [1.82, 2.24) is 9.80 Å². The molecule has 0 radical (unpaired) electrons. The Bertz CT molecular complexity index is 1710. The van der Waals surface area contributed by atoms with Crippen LogP contribution in [0.1, 0.15) is 43.0 Å². The number of nitrogens with zero attached hydrogens (tertiary/aromatic N) is 3. The smallest absolute Gasteiger partial charge is 0.266 e. The van der Waals surface area contributed by atoms with Crippen molar-refractivity contribution in [2.75, 3.05) is 7.05 Å². The first kappa shape index (κ1) is 28.5. The molecule has 1 atom stereocenters. The molecule has 0 spiro atoms. The number of aliphatic imine (C=N–C) groups is 1. The van der Waals surface area contributed by atoms with E-state index < -0.39 is 23.2 Å². The third-order valence-electron chi connectivity index (χ3n) is 7.13. The number of hydrogen-bond donors (Lipinski definition) is 2. The second kappa shape index (κ2) is 11.5. The lowest BCUT2D eigenvalue weighted by Gasteiger charge is -2.27. The van der Waals surface area contributed by atoms with Gasteiger partial charge in [0.15, 0.2) is 11.5 Å². The Labute approximate surface area is 247 Å². The van der Waals surface area contributed by atoms with Crippen molar-refractivity contribution in [1.29, 1.82) is 0 Å². The average Bonchev–Trinajstić information content (AvgIpc) is 3.24. The highest BCUT2D eigenvalue weighted by Gasteiger charge is 2.50. The fraction of sp³-hybridized carbons (Fsp3) is 0.125. The van der Waals surface area contributed by atoms with E-state index in [1.54, 1.807) is 60.5 Å². The summed E-state index contributed by atoms with van der Waals surface area (Å²) in [6, 6.07) is 25.8. The molecule has 212 valence electrons. The molecule has 1 unspecified atom stereocenters. The molecule has 4 aromatic carbocycles. The Morgan fingerprint density at radius 1 is 0.905 bits per heavy atom. The SMILES string of the molecule is CN(Cc1ccc(Cl)cc1)C(=O)c1cccc(CN2C(=O)C(c3ccc(F)cc3)(c3cccc(C(N)=O)c3)N=C2N)c1. The van der Waals surface area contributed by atoms with Gasteiger partial charge in [0.05, 0.1) is 6.54 Å². The lowest BCUT2D eigenvalue weighted by molar-refractivity contribution is -0.130. The summed E-state index contributed by atoms with van der Waals surface area (Å²) >= 11 is 5.97. The highest BCUT2D eigenvalue weighted by molar-refractivity contribution is 6.30. The predicted molar refractivity (Wildman–Crippen MR) is 158 cm³/mol. The monoisotopic (exact) mass is 583 g/mol. The largest absolute Gasteiger partial charge is 0.369 e. The third kappa shape index (κ3) is 5.46. The fourth-order valence-corrected chi connectivity index (χ4v) is 5.13. The summed E-state index contributed by atoms with van der Waals surface area (Å²) in [6.45, 7) is 0.406. The van der Waals surface area contributed by atoms with Crippen molar-refractivity contribution in [3.8, 4) is 0 Å². The number of benzene rings is 4. The van der Waals surface area contributed by atoms with Crippen LogP contribution in [0.4, 0.5) is 4.39 Å². The molecule has 4 aromatic rings. The van der Waals surface area contributed by atoms with Crippen LogP contribution < -0.4 is 11.5 Å². The second-order valence-corrected chi connectivity index (χ2v) is 10.4. The summed E-state index contributed by atoms with van der Waals surface area (Å²) in [6.07, 6.45) is 0. The topological polar surface area (TPSA) is 122 Å². The Balaban J connectivity index is 1.44. The zero-order valence-electron chi connectivity index (χ0n) is 22.6. The molecular weight excluding hydrogens is 557 g/mol. The average molecular weight is 584 g/mol. The van der Waals surface area contributed by atoms with Crippen LogP contribution in [-0.4, -0.2) is 40.5 Å². The van der Waals surface area contributed by atoms with Gasteiger partial charge in [0.1, 0.15) is 5.82 Å². The maximum Gasteiger partial charge on any atom is 0.266 e. The molecule has 0 saturated heterocycles. The number of primary amides is 1. The van der Waals surface area contributed by atoms with Gasteiger partial charge in [-0.05, 0) is 70.8 Å². The molecular formula is C32H27ClFN5O3. The van der Waals surface area contributed by atoms with E-state index in [1.807, 2.05) is 12.1 Å². The van der Waals surface area contributed by atoms with Gasteiger partial charge in [-0.1, -0.05) is 60.1 Å². The lowest BCUT2D eigenvalue weighted by Crippen LogP contribution is -2.43. The minimum absolute atomic E-state index is 0.0225. The molecule has 5 rings (SSSR count). The van der Waals surface area contributed by atoms with E-state index in [4.69, 9.17) is 23.1 Å². The van der Waals surface area contributed by atoms with Gasteiger partial charge in [-0.3, -0.25) is 19.3 Å². The Hall–Kier alpha value is -5.02. The minimum atomic E-state index is -1.67. The van der Waals surface area contributed by atoms with Gasteiger partial charge >= 0.3 is 0 Å². The van der Waals surface area contributed by atoms with Crippen LogP contribution in [0.2, 0.25) is 5.02 Å². The second-order valence-electron chi connectivity index (χ2n) is 10.0. The third-order valence-corrected chi connectivity index (χ3v) is 7.39. The van der Waals surface area contributed by atoms with E-state index >= 15 is 0 Å². The van der Waals surface area contributed by atoms with Gasteiger partial charge in [0.2, 0.25) is 5.91 Å². The molecule has 4 N–H and O–H groups in total. The van der Waals surface area contributed by atoms with Crippen LogP contribution in [-0.2, 0) is 23.4 Å². The maximum absolute atomic E-state index is 14.2. The Morgan fingerprint density at radius 3 is 2.26 bits per heavy atom. The van der Waals surface area contributed by atoms with Gasteiger partial charge in [0, 0.05) is 29.7 Å². The minimum Gasteiger partial charge on any atom is -0.369 e. The molecule has 10 heteroatoms. The molecule has 42 heavy (non-hydrogen) atoms. The van der Waals surface area contributed by atoms with Crippen LogP contribution in [0.3, 0.4) is 0 Å². The standard InChI is InChI=1S/C32H27ClFN5O3/c1-38(18-20-8-12-26(33)13-9-20)29(41)23-6-2-4-21(16-23)19-39-30(42)32(37-31(39)36,24-10-14-27(34)15-11-24)25-7-3-5-22(17-25)28(35)40/h2-17H,18-19H2,1H3,(H2,35,40)(H2,36,37). The van der Waals surface area contributed by atoms with Gasteiger partial charge in [0.25, 0.3) is 11.8 Å². The van der Waals surface area contributed by atoms with Crippen LogP contribution in [0.25, 0.3) is 0 Å². The van der Waals surface area contributed by atoms with Crippen LogP contribution in [0.15, 0.2) is 102 Å². The number of halogens is 2. The number of hydrogen-bond acceptors (Lipinski definition) is 5. The summed E-state index contributed by atoms with van der Waals surface area (Å²) in [7, 11) is 1.70. The summed E-state index contributed by atoms with van der Waals surface area (Å²) in [5, 5.41) is 0.615. The van der Waals surface area contributed by atoms with Crippen molar-refractivity contribution in [3.05, 3.63) is 141 Å². The van der Waals surface area contributed by atoms with Crippen LogP contribution >= 0.6 is 11.6 Å². The van der Waals surface area contributed by atoms with E-state index in [-0.39, 0.29) is 24.0 Å². The first-order valence-corrected chi connectivity index (χ1v) is 13.4. The van der Waals surface area contributed by atoms with Crippen LogP contribution in [0, 0.1) is 5.82 Å². The predicted octanol–water partition coefficient (Wildman–Crippen LogP) is 4.45. The summed E-state index contributed by atoms with van der Waals surface area (Å²) in [4.78, 5) is 46.9. The van der Waals surface area contributed by atoms with Crippen molar-refractivity contribution in [2.24, 2.45) is 16.5 Å². The highest BCUT2D eigenvalue weighted by atomic mass is 35.5. The Kier molecular flexibility index (Phi) is 7.78. The molecule has 0 aliphatic carbocycles. The van der Waals surface area contributed by atoms with E-state index in [1.165, 1.54) is 41.3 Å². The number of carbonyl (C=O) groups is 3. The number of nitrogens with two attached hydrogens (primary N) is 2. The van der Waals surface area contributed by atoms with Gasteiger partial charge in [-0.25, -0.2) is 9.38 Å². The number of rotatable bonds is 8. The molecule has 1 heterocycles. The normalized spacial score (nSPS) is 16.3. The molecule has 8 nitrogen and oxygen atoms in total. The summed E-state index contributed by atoms with van der Waals surface area (Å²) in [5.41, 5.74) is 13.1. The highest BCUT2D eigenvalue weighted by Crippen LogP contribution is 2.40. The molecule has 0 bridgehead atoms. The number of carbonyl (C=O) groups excluding carboxylic acids is 3. The van der Waals surface area contributed by atoms with E-state index in [0.717, 1.165) is 5.56 Å². The molecule has 1 aliphatic rings. The first-order chi connectivity index (χ1) is 20.1. The van der Waals surface area contributed by atoms with Crippen molar-refractivity contribution in [3.63, 3.8) is 0 Å². The molecule has 0 saturated carbocycles. The van der Waals surface area contributed by atoms with Gasteiger partial charge in [-0.15, -0.1) is 0 Å². The molecule has 3 amide bonds. The maximum atomic E-state index is 14.2. The van der Waals surface area contributed by atoms with Crippen LogP contribution in [0.5, 0.6) is 0 Å². The number of guanidine groups is 1. The van der Waals surface area contributed by atoms with E-state index in [9.17, 15) is 18.8 Å².